The number of carbonyl (C=O) groups is 1. The Morgan fingerprint density at radius 3 is 2.61 bits per heavy atom. The number of nitrogens with zero attached hydrogens (tertiary/aromatic N) is 1. The van der Waals surface area contributed by atoms with E-state index in [1.54, 1.807) is 55.6 Å². The third-order valence-corrected chi connectivity index (χ3v) is 4.63. The second kappa shape index (κ2) is 7.54. The molecule has 0 radical (unpaired) electrons. The lowest BCUT2D eigenvalue weighted by Gasteiger charge is -2.07. The van der Waals surface area contributed by atoms with Gasteiger partial charge in [0.25, 0.3) is 5.91 Å². The second-order valence-electron chi connectivity index (χ2n) is 6.02. The molecule has 3 aromatic carbocycles. The first-order valence-electron chi connectivity index (χ1n) is 8.35. The van der Waals surface area contributed by atoms with Gasteiger partial charge in [-0.1, -0.05) is 29.3 Å². The van der Waals surface area contributed by atoms with Crippen molar-refractivity contribution in [2.75, 3.05) is 12.4 Å². The molecule has 140 valence electrons. The third-order valence-electron chi connectivity index (χ3n) is 4.13. The van der Waals surface area contributed by atoms with Crippen LogP contribution in [-0.4, -0.2) is 18.0 Å². The molecule has 0 atom stereocenters. The lowest BCUT2D eigenvalue weighted by molar-refractivity contribution is 0.102. The molecule has 0 spiro atoms. The summed E-state index contributed by atoms with van der Waals surface area (Å²) in [5, 5.41) is 3.74. The number of benzene rings is 3. The van der Waals surface area contributed by atoms with Crippen LogP contribution in [0.2, 0.25) is 10.0 Å². The minimum absolute atomic E-state index is 0.229. The van der Waals surface area contributed by atoms with Crippen molar-refractivity contribution >= 4 is 45.9 Å². The highest BCUT2D eigenvalue weighted by Crippen LogP contribution is 2.32. The number of amides is 1. The SMILES string of the molecule is COc1ccc(C(=O)Nc2cccc(-c3nc4cc(Cl)cc(Cl)c4o3)c2)cc1. The summed E-state index contributed by atoms with van der Waals surface area (Å²) in [6.45, 7) is 0. The zero-order valence-electron chi connectivity index (χ0n) is 14.7. The fraction of sp³-hybridized carbons (Fsp3) is 0.0476. The highest BCUT2D eigenvalue weighted by Gasteiger charge is 2.13. The van der Waals surface area contributed by atoms with Crippen LogP contribution in [0, 0.1) is 0 Å². The van der Waals surface area contributed by atoms with E-state index < -0.39 is 0 Å². The Morgan fingerprint density at radius 1 is 1.07 bits per heavy atom. The fourth-order valence-corrected chi connectivity index (χ4v) is 3.28. The molecule has 1 aromatic heterocycles. The number of fused-ring (bicyclic) bond motifs is 1. The van der Waals surface area contributed by atoms with Gasteiger partial charge in [-0.3, -0.25) is 4.79 Å². The van der Waals surface area contributed by atoms with Gasteiger partial charge in [-0.25, -0.2) is 4.98 Å². The molecule has 0 aliphatic heterocycles. The number of carbonyl (C=O) groups excluding carboxylic acids is 1. The summed E-state index contributed by atoms with van der Waals surface area (Å²) in [5.74, 6) is 0.847. The molecule has 5 nitrogen and oxygen atoms in total. The number of hydrogen-bond donors (Lipinski definition) is 1. The van der Waals surface area contributed by atoms with E-state index in [-0.39, 0.29) is 5.91 Å². The first-order valence-corrected chi connectivity index (χ1v) is 9.10. The Kier molecular flexibility index (Phi) is 4.94. The predicted octanol–water partition coefficient (Wildman–Crippen LogP) is 6.06. The summed E-state index contributed by atoms with van der Waals surface area (Å²) in [5.41, 5.74) is 2.88. The Labute approximate surface area is 170 Å². The van der Waals surface area contributed by atoms with E-state index in [0.29, 0.717) is 49.6 Å². The van der Waals surface area contributed by atoms with E-state index in [4.69, 9.17) is 32.4 Å². The fourth-order valence-electron chi connectivity index (χ4n) is 2.76. The Bertz CT molecular complexity index is 1170. The Morgan fingerprint density at radius 2 is 1.86 bits per heavy atom. The van der Waals surface area contributed by atoms with Gasteiger partial charge in [-0.05, 0) is 54.6 Å². The first-order chi connectivity index (χ1) is 13.5. The minimum Gasteiger partial charge on any atom is -0.497 e. The molecule has 28 heavy (non-hydrogen) atoms. The monoisotopic (exact) mass is 412 g/mol. The average Bonchev–Trinajstić information content (AvgIpc) is 3.13. The summed E-state index contributed by atoms with van der Waals surface area (Å²) in [7, 11) is 1.58. The lowest BCUT2D eigenvalue weighted by Crippen LogP contribution is -2.11. The molecule has 4 aromatic rings. The Hall–Kier alpha value is -3.02. The van der Waals surface area contributed by atoms with Crippen LogP contribution >= 0.6 is 23.2 Å². The van der Waals surface area contributed by atoms with Crippen LogP contribution in [0.1, 0.15) is 10.4 Å². The molecule has 0 fully saturated rings. The van der Waals surface area contributed by atoms with Crippen LogP contribution in [-0.2, 0) is 0 Å². The van der Waals surface area contributed by atoms with Crippen molar-refractivity contribution in [2.24, 2.45) is 0 Å². The van der Waals surface area contributed by atoms with Crippen molar-refractivity contribution < 1.29 is 13.9 Å². The highest BCUT2D eigenvalue weighted by molar-refractivity contribution is 6.38. The molecule has 0 aliphatic rings. The van der Waals surface area contributed by atoms with E-state index in [1.165, 1.54) is 0 Å². The molecular weight excluding hydrogens is 399 g/mol. The summed E-state index contributed by atoms with van der Waals surface area (Å²) in [6, 6.07) is 17.4. The minimum atomic E-state index is -0.229. The van der Waals surface area contributed by atoms with E-state index in [2.05, 4.69) is 10.3 Å². The molecule has 0 unspecified atom stereocenters. The number of halogens is 2. The summed E-state index contributed by atoms with van der Waals surface area (Å²) < 4.78 is 10.9. The van der Waals surface area contributed by atoms with Gasteiger partial charge in [0.2, 0.25) is 5.89 Å². The number of aromatic nitrogens is 1. The van der Waals surface area contributed by atoms with E-state index in [9.17, 15) is 4.79 Å². The maximum Gasteiger partial charge on any atom is 0.255 e. The summed E-state index contributed by atoms with van der Waals surface area (Å²) in [4.78, 5) is 16.9. The average molecular weight is 413 g/mol. The lowest BCUT2D eigenvalue weighted by atomic mass is 10.1. The van der Waals surface area contributed by atoms with Crippen molar-refractivity contribution in [3.8, 4) is 17.2 Å². The van der Waals surface area contributed by atoms with Crippen LogP contribution < -0.4 is 10.1 Å². The van der Waals surface area contributed by atoms with Crippen LogP contribution in [0.25, 0.3) is 22.6 Å². The van der Waals surface area contributed by atoms with Gasteiger partial charge in [0.1, 0.15) is 11.3 Å². The zero-order valence-corrected chi connectivity index (χ0v) is 16.2. The van der Waals surface area contributed by atoms with Crippen molar-refractivity contribution in [1.29, 1.82) is 0 Å². The molecule has 1 N–H and O–H groups in total. The van der Waals surface area contributed by atoms with Crippen molar-refractivity contribution in [1.82, 2.24) is 4.98 Å². The maximum atomic E-state index is 12.5. The number of ether oxygens (including phenoxy) is 1. The van der Waals surface area contributed by atoms with Crippen molar-refractivity contribution in [2.45, 2.75) is 0 Å². The number of anilines is 1. The number of hydrogen-bond acceptors (Lipinski definition) is 4. The molecule has 0 aliphatic carbocycles. The maximum absolute atomic E-state index is 12.5. The molecule has 0 saturated carbocycles. The van der Waals surface area contributed by atoms with Gasteiger partial charge >= 0.3 is 0 Å². The number of rotatable bonds is 4. The Balaban J connectivity index is 1.60. The predicted molar refractivity (Wildman–Crippen MR) is 110 cm³/mol. The first kappa shape index (κ1) is 18.3. The quantitative estimate of drug-likeness (QED) is 0.442. The van der Waals surface area contributed by atoms with Gasteiger partial charge in [-0.2, -0.15) is 0 Å². The standard InChI is InChI=1S/C21H14Cl2N2O3/c1-27-16-7-5-12(6-8-16)20(26)24-15-4-2-3-13(9-15)21-25-18-11-14(22)10-17(23)19(18)28-21/h2-11H,1H3,(H,24,26). The van der Waals surface area contributed by atoms with Crippen molar-refractivity contribution in [3.63, 3.8) is 0 Å². The summed E-state index contributed by atoms with van der Waals surface area (Å²) in [6.07, 6.45) is 0. The van der Waals surface area contributed by atoms with Crippen LogP contribution in [0.3, 0.4) is 0 Å². The third kappa shape index (κ3) is 3.67. The summed E-state index contributed by atoms with van der Waals surface area (Å²) >= 11 is 12.2. The molecular formula is C21H14Cl2N2O3. The highest BCUT2D eigenvalue weighted by atomic mass is 35.5. The molecule has 0 saturated heterocycles. The van der Waals surface area contributed by atoms with Crippen LogP contribution in [0.4, 0.5) is 5.69 Å². The van der Waals surface area contributed by atoms with E-state index in [0.717, 1.165) is 0 Å². The van der Waals surface area contributed by atoms with Gasteiger partial charge in [0.05, 0.1) is 12.1 Å². The van der Waals surface area contributed by atoms with Gasteiger partial charge in [-0.15, -0.1) is 0 Å². The topological polar surface area (TPSA) is 64.4 Å². The van der Waals surface area contributed by atoms with Gasteiger partial charge in [0, 0.05) is 21.8 Å². The molecule has 1 heterocycles. The largest absolute Gasteiger partial charge is 0.497 e. The second-order valence-corrected chi connectivity index (χ2v) is 6.86. The van der Waals surface area contributed by atoms with Crippen LogP contribution in [0.5, 0.6) is 5.75 Å². The van der Waals surface area contributed by atoms with E-state index in [1.807, 2.05) is 12.1 Å². The number of oxazole rings is 1. The molecule has 0 bridgehead atoms. The molecule has 1 amide bonds. The van der Waals surface area contributed by atoms with Gasteiger partial charge in [0.15, 0.2) is 5.58 Å². The number of nitrogens with one attached hydrogen (secondary N) is 1. The van der Waals surface area contributed by atoms with E-state index >= 15 is 0 Å². The molecule has 7 heteroatoms. The van der Waals surface area contributed by atoms with Crippen LogP contribution in [0.15, 0.2) is 65.1 Å². The zero-order chi connectivity index (χ0) is 19.7. The molecule has 4 rings (SSSR count). The van der Waals surface area contributed by atoms with Gasteiger partial charge < -0.3 is 14.5 Å². The normalized spacial score (nSPS) is 10.8. The van der Waals surface area contributed by atoms with Crippen molar-refractivity contribution in [3.05, 3.63) is 76.3 Å². The number of methoxy groups -OCH3 is 1. The smallest absolute Gasteiger partial charge is 0.255 e.